The van der Waals surface area contributed by atoms with Crippen molar-refractivity contribution in [2.45, 2.75) is 30.7 Å². The molecule has 2 unspecified atom stereocenters. The third kappa shape index (κ3) is 5.64. The monoisotopic (exact) mass is 597 g/mol. The molecule has 210 valence electrons. The molecule has 1 aromatic heterocycles. The molecule has 0 saturated carbocycles. The van der Waals surface area contributed by atoms with Gasteiger partial charge < -0.3 is 5.73 Å². The van der Waals surface area contributed by atoms with Crippen molar-refractivity contribution in [3.63, 3.8) is 0 Å². The van der Waals surface area contributed by atoms with E-state index in [0.29, 0.717) is 21.3 Å². The minimum Gasteiger partial charge on any atom is -0.324 e. The summed E-state index contributed by atoms with van der Waals surface area (Å²) in [5.74, 6) is -1.36. The number of nitrogens with zero attached hydrogens (tertiary/aromatic N) is 6. The van der Waals surface area contributed by atoms with Crippen LogP contribution in [0, 0.1) is 38.8 Å². The van der Waals surface area contributed by atoms with E-state index in [2.05, 4.69) is 15.3 Å². The summed E-state index contributed by atoms with van der Waals surface area (Å²) in [5.41, 5.74) is 7.10. The lowest BCUT2D eigenvalue weighted by atomic mass is 9.94. The number of hydrazone groups is 1. The summed E-state index contributed by atoms with van der Waals surface area (Å²) < 4.78 is 29.2. The Hall–Kier alpha value is -4.34. The third-order valence-electron chi connectivity index (χ3n) is 6.47. The van der Waals surface area contributed by atoms with Gasteiger partial charge in [-0.15, -0.1) is 10.2 Å². The molecule has 41 heavy (non-hydrogen) atoms. The number of halogens is 2. The molecule has 15 heteroatoms. The Morgan fingerprint density at radius 2 is 1.71 bits per heavy atom. The van der Waals surface area contributed by atoms with Crippen molar-refractivity contribution >= 4 is 44.6 Å². The molecule has 0 saturated heterocycles. The highest BCUT2D eigenvalue weighted by Crippen LogP contribution is 2.53. The number of nitro benzene ring substituents is 2. The van der Waals surface area contributed by atoms with Crippen LogP contribution in [0.4, 0.5) is 25.3 Å². The van der Waals surface area contributed by atoms with Crippen LogP contribution in [0.1, 0.15) is 40.6 Å². The molecular formula is C26H21F2N7O4S2. The molecule has 0 fully saturated rings. The van der Waals surface area contributed by atoms with Crippen molar-refractivity contribution < 1.29 is 18.6 Å². The van der Waals surface area contributed by atoms with Crippen molar-refractivity contribution in [3.8, 4) is 0 Å². The summed E-state index contributed by atoms with van der Waals surface area (Å²) in [7, 11) is 0. The van der Waals surface area contributed by atoms with Gasteiger partial charge in [-0.2, -0.15) is 5.10 Å². The summed E-state index contributed by atoms with van der Waals surface area (Å²) in [4.78, 5) is 20.7. The van der Waals surface area contributed by atoms with Crippen LogP contribution in [0.5, 0.6) is 0 Å². The number of hydrogen-bond acceptors (Lipinski definition) is 11. The van der Waals surface area contributed by atoms with Crippen molar-refractivity contribution in [1.29, 1.82) is 0 Å². The Bertz CT molecular complexity index is 1690. The first-order valence-corrected chi connectivity index (χ1v) is 13.8. The lowest BCUT2D eigenvalue weighted by Gasteiger charge is -2.36. The second-order valence-corrected chi connectivity index (χ2v) is 11.6. The predicted octanol–water partition coefficient (Wildman–Crippen LogP) is 6.19. The zero-order valence-electron chi connectivity index (χ0n) is 21.3. The molecular weight excluding hydrogens is 576 g/mol. The maximum atomic E-state index is 14.9. The standard InChI is InChI=1S/C26H21F2N7O4S2/c1-15-30-31-25(40-15)33-26(17-5-3-7-20(13-17)35(38)39,41-24(32-33)21-14-18(27)8-9-22(21)28)11-10-23(29)16-4-2-6-19(12-16)34(36)37/h2-9,12-14,23H,10-11,29H2,1H3. The third-order valence-corrected chi connectivity index (χ3v) is 8.72. The van der Waals surface area contributed by atoms with Crippen molar-refractivity contribution in [1.82, 2.24) is 10.2 Å². The van der Waals surface area contributed by atoms with Gasteiger partial charge in [-0.1, -0.05) is 47.4 Å². The molecule has 2 N–H and O–H groups in total. The highest BCUT2D eigenvalue weighted by Gasteiger charge is 2.48. The number of non-ortho nitro benzene ring substituents is 2. The molecule has 2 atom stereocenters. The van der Waals surface area contributed by atoms with Crippen LogP contribution in [0.15, 0.2) is 71.8 Å². The first-order valence-electron chi connectivity index (χ1n) is 12.2. The highest BCUT2D eigenvalue weighted by atomic mass is 32.2. The fraction of sp³-hybridized carbons (Fsp3) is 0.192. The summed E-state index contributed by atoms with van der Waals surface area (Å²) in [6, 6.07) is 14.3. The van der Waals surface area contributed by atoms with Gasteiger partial charge >= 0.3 is 0 Å². The van der Waals surface area contributed by atoms with Crippen molar-refractivity contribution in [3.05, 3.63) is 120 Å². The Morgan fingerprint density at radius 1 is 1.00 bits per heavy atom. The van der Waals surface area contributed by atoms with Gasteiger partial charge in [-0.25, -0.2) is 13.8 Å². The zero-order valence-corrected chi connectivity index (χ0v) is 22.9. The van der Waals surface area contributed by atoms with Gasteiger partial charge in [0, 0.05) is 35.9 Å². The Labute approximate surface area is 240 Å². The molecule has 0 spiro atoms. The van der Waals surface area contributed by atoms with Crippen molar-refractivity contribution in [2.24, 2.45) is 10.8 Å². The summed E-state index contributed by atoms with van der Waals surface area (Å²) in [6.45, 7) is 1.74. The van der Waals surface area contributed by atoms with E-state index in [4.69, 9.17) is 5.73 Å². The van der Waals surface area contributed by atoms with Crippen LogP contribution in [0.2, 0.25) is 0 Å². The average Bonchev–Trinajstić information content (AvgIpc) is 3.57. The number of rotatable bonds is 9. The van der Waals surface area contributed by atoms with Gasteiger partial charge in [0.2, 0.25) is 5.13 Å². The van der Waals surface area contributed by atoms with E-state index in [1.807, 2.05) is 0 Å². The van der Waals surface area contributed by atoms with Crippen LogP contribution >= 0.6 is 23.1 Å². The number of hydrogen-bond donors (Lipinski definition) is 1. The van der Waals surface area contributed by atoms with Gasteiger partial charge in [0.05, 0.1) is 9.85 Å². The predicted molar refractivity (Wildman–Crippen MR) is 152 cm³/mol. The molecule has 0 radical (unpaired) electrons. The van der Waals surface area contributed by atoms with E-state index in [-0.39, 0.29) is 34.8 Å². The van der Waals surface area contributed by atoms with Crippen LogP contribution < -0.4 is 10.7 Å². The lowest BCUT2D eigenvalue weighted by Crippen LogP contribution is -2.38. The first-order chi connectivity index (χ1) is 19.6. The van der Waals surface area contributed by atoms with Gasteiger partial charge in [-0.05, 0) is 49.1 Å². The topological polar surface area (TPSA) is 154 Å². The molecule has 0 amide bonds. The second-order valence-electron chi connectivity index (χ2n) is 9.14. The van der Waals surface area contributed by atoms with Crippen LogP contribution in [0.3, 0.4) is 0 Å². The summed E-state index contributed by atoms with van der Waals surface area (Å²) >= 11 is 2.29. The molecule has 1 aliphatic heterocycles. The summed E-state index contributed by atoms with van der Waals surface area (Å²) in [5, 5.41) is 38.6. The average molecular weight is 598 g/mol. The smallest absolute Gasteiger partial charge is 0.269 e. The molecule has 5 rings (SSSR count). The minimum atomic E-state index is -1.25. The highest BCUT2D eigenvalue weighted by molar-refractivity contribution is 8.15. The number of thioether (sulfide) groups is 1. The largest absolute Gasteiger partial charge is 0.324 e. The molecule has 0 aliphatic carbocycles. The van der Waals surface area contributed by atoms with E-state index < -0.39 is 32.4 Å². The van der Waals surface area contributed by atoms with Gasteiger partial charge in [0.25, 0.3) is 11.4 Å². The first kappa shape index (κ1) is 28.2. The van der Waals surface area contributed by atoms with Crippen LogP contribution in [-0.4, -0.2) is 25.1 Å². The van der Waals surface area contributed by atoms with Crippen LogP contribution in [-0.2, 0) is 4.87 Å². The molecule has 11 nitrogen and oxygen atoms in total. The normalized spacial score (nSPS) is 17.4. The maximum Gasteiger partial charge on any atom is 0.269 e. The number of aromatic nitrogens is 2. The number of nitro groups is 2. The quantitative estimate of drug-likeness (QED) is 0.176. The Kier molecular flexibility index (Phi) is 7.75. The maximum absolute atomic E-state index is 14.9. The van der Waals surface area contributed by atoms with Gasteiger partial charge in [0.1, 0.15) is 26.6 Å². The van der Waals surface area contributed by atoms with E-state index in [1.54, 1.807) is 19.1 Å². The minimum absolute atomic E-state index is 0.0866. The molecule has 0 bridgehead atoms. The number of anilines is 1. The van der Waals surface area contributed by atoms with Gasteiger partial charge in [0.15, 0.2) is 0 Å². The molecule has 1 aliphatic rings. The Balaban J connectivity index is 1.63. The van der Waals surface area contributed by atoms with Crippen LogP contribution in [0.25, 0.3) is 0 Å². The van der Waals surface area contributed by atoms with Gasteiger partial charge in [-0.3, -0.25) is 20.2 Å². The number of benzene rings is 3. The van der Waals surface area contributed by atoms with E-state index in [0.717, 1.165) is 30.0 Å². The van der Waals surface area contributed by atoms with E-state index in [9.17, 15) is 29.0 Å². The summed E-state index contributed by atoms with van der Waals surface area (Å²) in [6.07, 6.45) is 0.421. The molecule has 3 aromatic carbocycles. The lowest BCUT2D eigenvalue weighted by molar-refractivity contribution is -0.385. The van der Waals surface area contributed by atoms with Crippen molar-refractivity contribution in [2.75, 3.05) is 5.01 Å². The molecule has 4 aromatic rings. The zero-order chi connectivity index (χ0) is 29.3. The SMILES string of the molecule is Cc1nnc(N2N=C(c3cc(F)ccc3F)SC2(CCC(N)c2cccc([N+](=O)[O-])c2)c2cccc([N+](=O)[O-])c2)s1. The Morgan fingerprint density at radius 3 is 2.39 bits per heavy atom. The molecule has 2 heterocycles. The second kappa shape index (κ2) is 11.3. The fourth-order valence-electron chi connectivity index (χ4n) is 4.47. The number of aryl methyl sites for hydroxylation is 1. The van der Waals surface area contributed by atoms with E-state index >= 15 is 0 Å². The fourth-order valence-corrected chi connectivity index (χ4v) is 6.62. The number of nitrogens with two attached hydrogens (primary N) is 1. The van der Waals surface area contributed by atoms with E-state index in [1.165, 1.54) is 52.7 Å².